The molecule has 1 aliphatic heterocycles. The third-order valence-corrected chi connectivity index (χ3v) is 3.45. The Morgan fingerprint density at radius 3 is 2.47 bits per heavy atom. The second kappa shape index (κ2) is 4.16. The van der Waals surface area contributed by atoms with Crippen molar-refractivity contribution < 1.29 is 9.53 Å². The number of likely N-dealkylation sites (tertiary alicyclic amines) is 1. The number of carbonyl (C=O) groups excluding carboxylic acids is 1. The predicted molar refractivity (Wildman–Crippen MR) is 66.9 cm³/mol. The van der Waals surface area contributed by atoms with Crippen LogP contribution in [0.5, 0.6) is 0 Å². The Balaban J connectivity index is 1.63. The zero-order chi connectivity index (χ0) is 12.7. The van der Waals surface area contributed by atoms with Gasteiger partial charge in [0.15, 0.2) is 0 Å². The van der Waals surface area contributed by atoms with E-state index in [0.29, 0.717) is 11.5 Å². The summed E-state index contributed by atoms with van der Waals surface area (Å²) in [5, 5.41) is 3.52. The van der Waals surface area contributed by atoms with Crippen molar-refractivity contribution in [3.05, 3.63) is 0 Å². The van der Waals surface area contributed by atoms with Gasteiger partial charge in [-0.25, -0.2) is 4.79 Å². The smallest absolute Gasteiger partial charge is 0.410 e. The van der Waals surface area contributed by atoms with E-state index in [1.54, 1.807) is 4.90 Å². The molecule has 0 bridgehead atoms. The number of hydrogen-bond acceptors (Lipinski definition) is 3. The maximum Gasteiger partial charge on any atom is 0.410 e. The van der Waals surface area contributed by atoms with Crippen LogP contribution in [0.15, 0.2) is 0 Å². The summed E-state index contributed by atoms with van der Waals surface area (Å²) in [5.74, 6) is 0. The number of rotatable bonds is 3. The number of nitrogens with one attached hydrogen (secondary N) is 1. The number of carbonyl (C=O) groups is 1. The summed E-state index contributed by atoms with van der Waals surface area (Å²) in [7, 11) is 0. The highest BCUT2D eigenvalue weighted by atomic mass is 16.6. The molecule has 0 radical (unpaired) electrons. The fourth-order valence-electron chi connectivity index (χ4n) is 1.86. The average molecular weight is 240 g/mol. The van der Waals surface area contributed by atoms with Crippen LogP contribution in [0.1, 0.15) is 40.5 Å². The molecular formula is C13H24N2O2. The van der Waals surface area contributed by atoms with Crippen molar-refractivity contribution in [2.75, 3.05) is 19.6 Å². The summed E-state index contributed by atoms with van der Waals surface area (Å²) >= 11 is 0. The van der Waals surface area contributed by atoms with Crippen molar-refractivity contribution in [3.8, 4) is 0 Å². The zero-order valence-corrected chi connectivity index (χ0v) is 11.4. The van der Waals surface area contributed by atoms with Gasteiger partial charge in [0.05, 0.1) is 0 Å². The van der Waals surface area contributed by atoms with Gasteiger partial charge >= 0.3 is 6.09 Å². The van der Waals surface area contributed by atoms with E-state index in [4.69, 9.17) is 4.74 Å². The molecule has 1 saturated carbocycles. The Labute approximate surface area is 104 Å². The SMILES string of the molecule is CC1(CNC2CN(C(=O)OC(C)(C)C)C2)CC1. The molecule has 1 N–H and O–H groups in total. The van der Waals surface area contributed by atoms with E-state index >= 15 is 0 Å². The third kappa shape index (κ3) is 3.60. The van der Waals surface area contributed by atoms with Crippen LogP contribution < -0.4 is 5.32 Å². The Kier molecular flexibility index (Phi) is 3.10. The summed E-state index contributed by atoms with van der Waals surface area (Å²) in [5.41, 5.74) is 0.142. The van der Waals surface area contributed by atoms with Crippen LogP contribution in [0.25, 0.3) is 0 Å². The van der Waals surface area contributed by atoms with Crippen molar-refractivity contribution in [3.63, 3.8) is 0 Å². The van der Waals surface area contributed by atoms with Gasteiger partial charge in [0.25, 0.3) is 0 Å². The van der Waals surface area contributed by atoms with Crippen molar-refractivity contribution in [2.45, 2.75) is 52.2 Å². The molecule has 98 valence electrons. The Bertz CT molecular complexity index is 299. The molecule has 4 heteroatoms. The second-order valence-corrected chi connectivity index (χ2v) is 6.77. The molecule has 1 saturated heterocycles. The first-order chi connectivity index (χ1) is 7.77. The summed E-state index contributed by atoms with van der Waals surface area (Å²) in [6, 6.07) is 0.458. The van der Waals surface area contributed by atoms with E-state index in [0.717, 1.165) is 19.6 Å². The van der Waals surface area contributed by atoms with Gasteiger partial charge in [-0.15, -0.1) is 0 Å². The van der Waals surface area contributed by atoms with Gasteiger partial charge in [-0.3, -0.25) is 0 Å². The molecule has 0 atom stereocenters. The average Bonchev–Trinajstić information content (AvgIpc) is 2.77. The van der Waals surface area contributed by atoms with Gasteiger partial charge in [0.1, 0.15) is 5.60 Å². The normalized spacial score (nSPS) is 23.2. The van der Waals surface area contributed by atoms with Gasteiger partial charge < -0.3 is 15.0 Å². The molecule has 2 rings (SSSR count). The molecule has 1 amide bonds. The van der Waals surface area contributed by atoms with Crippen LogP contribution in [0, 0.1) is 5.41 Å². The lowest BCUT2D eigenvalue weighted by molar-refractivity contribution is 0.00499. The van der Waals surface area contributed by atoms with Gasteiger partial charge in [0.2, 0.25) is 0 Å². The first-order valence-electron chi connectivity index (χ1n) is 6.49. The monoisotopic (exact) mass is 240 g/mol. The number of hydrogen-bond donors (Lipinski definition) is 1. The highest BCUT2D eigenvalue weighted by Gasteiger charge is 2.39. The third-order valence-electron chi connectivity index (χ3n) is 3.45. The highest BCUT2D eigenvalue weighted by molar-refractivity contribution is 5.69. The van der Waals surface area contributed by atoms with Gasteiger partial charge in [0, 0.05) is 25.7 Å². The Hall–Kier alpha value is -0.770. The molecule has 0 unspecified atom stereocenters. The minimum Gasteiger partial charge on any atom is -0.444 e. The first-order valence-corrected chi connectivity index (χ1v) is 6.49. The molecule has 2 aliphatic rings. The summed E-state index contributed by atoms with van der Waals surface area (Å²) in [4.78, 5) is 13.4. The van der Waals surface area contributed by atoms with E-state index in [-0.39, 0.29) is 6.09 Å². The standard InChI is InChI=1S/C13H24N2O2/c1-12(2,3)17-11(16)15-7-10(8-15)14-9-13(4)5-6-13/h10,14H,5-9H2,1-4H3. The van der Waals surface area contributed by atoms with E-state index in [9.17, 15) is 4.79 Å². The molecule has 1 heterocycles. The summed E-state index contributed by atoms with van der Waals surface area (Å²) < 4.78 is 5.31. The van der Waals surface area contributed by atoms with Crippen LogP contribution in [0.3, 0.4) is 0 Å². The number of amides is 1. The highest BCUT2D eigenvalue weighted by Crippen LogP contribution is 2.44. The van der Waals surface area contributed by atoms with Crippen molar-refractivity contribution in [1.82, 2.24) is 10.2 Å². The molecule has 17 heavy (non-hydrogen) atoms. The molecule has 0 aromatic rings. The molecule has 0 spiro atoms. The lowest BCUT2D eigenvalue weighted by atomic mass is 10.1. The van der Waals surface area contributed by atoms with Crippen LogP contribution in [0.2, 0.25) is 0 Å². The van der Waals surface area contributed by atoms with Gasteiger partial charge in [-0.2, -0.15) is 0 Å². The van der Waals surface area contributed by atoms with Crippen molar-refractivity contribution in [1.29, 1.82) is 0 Å². The van der Waals surface area contributed by atoms with Crippen LogP contribution in [-0.2, 0) is 4.74 Å². The summed E-state index contributed by atoms with van der Waals surface area (Å²) in [6.45, 7) is 10.6. The lowest BCUT2D eigenvalue weighted by Crippen LogP contribution is -2.61. The maximum atomic E-state index is 11.7. The quantitative estimate of drug-likeness (QED) is 0.820. The lowest BCUT2D eigenvalue weighted by Gasteiger charge is -2.40. The Morgan fingerprint density at radius 1 is 1.41 bits per heavy atom. The van der Waals surface area contributed by atoms with E-state index in [2.05, 4.69) is 12.2 Å². The zero-order valence-electron chi connectivity index (χ0n) is 11.4. The first kappa shape index (κ1) is 12.7. The van der Waals surface area contributed by atoms with Crippen molar-refractivity contribution in [2.24, 2.45) is 5.41 Å². The van der Waals surface area contributed by atoms with E-state index in [1.807, 2.05) is 20.8 Å². The topological polar surface area (TPSA) is 41.6 Å². The van der Waals surface area contributed by atoms with E-state index < -0.39 is 5.60 Å². The fourth-order valence-corrected chi connectivity index (χ4v) is 1.86. The van der Waals surface area contributed by atoms with Gasteiger partial charge in [-0.05, 0) is 39.0 Å². The minimum atomic E-state index is -0.392. The fraction of sp³-hybridized carbons (Fsp3) is 0.923. The molecular weight excluding hydrogens is 216 g/mol. The van der Waals surface area contributed by atoms with Gasteiger partial charge in [-0.1, -0.05) is 6.92 Å². The number of nitrogens with zero attached hydrogens (tertiary/aromatic N) is 1. The summed E-state index contributed by atoms with van der Waals surface area (Å²) in [6.07, 6.45) is 2.48. The largest absolute Gasteiger partial charge is 0.444 e. The van der Waals surface area contributed by atoms with E-state index in [1.165, 1.54) is 12.8 Å². The molecule has 4 nitrogen and oxygen atoms in total. The molecule has 2 fully saturated rings. The maximum absolute atomic E-state index is 11.7. The molecule has 0 aromatic carbocycles. The van der Waals surface area contributed by atoms with Crippen LogP contribution in [-0.4, -0.2) is 42.3 Å². The molecule has 1 aliphatic carbocycles. The predicted octanol–water partition coefficient (Wildman–Crippen LogP) is 2.00. The van der Waals surface area contributed by atoms with Crippen LogP contribution >= 0.6 is 0 Å². The van der Waals surface area contributed by atoms with Crippen molar-refractivity contribution >= 4 is 6.09 Å². The molecule has 0 aromatic heterocycles. The minimum absolute atomic E-state index is 0.187. The van der Waals surface area contributed by atoms with Crippen LogP contribution in [0.4, 0.5) is 4.79 Å². The number of ether oxygens (including phenoxy) is 1. The second-order valence-electron chi connectivity index (χ2n) is 6.77. The Morgan fingerprint density at radius 2 is 2.00 bits per heavy atom.